The summed E-state index contributed by atoms with van der Waals surface area (Å²) in [6.07, 6.45) is 11.3. The zero-order chi connectivity index (χ0) is 19.5. The van der Waals surface area contributed by atoms with Crippen LogP contribution >= 0.6 is 23.8 Å². The second kappa shape index (κ2) is 11.9. The first kappa shape index (κ1) is 21.6. The molecule has 0 bridgehead atoms. The van der Waals surface area contributed by atoms with Gasteiger partial charge < -0.3 is 4.74 Å². The summed E-state index contributed by atoms with van der Waals surface area (Å²) in [4.78, 5) is 0. The van der Waals surface area contributed by atoms with Gasteiger partial charge in [0, 0.05) is 12.0 Å². The van der Waals surface area contributed by atoms with E-state index >= 15 is 0 Å². The lowest BCUT2D eigenvalue weighted by Crippen LogP contribution is -1.99. The first-order chi connectivity index (χ1) is 13.2. The maximum absolute atomic E-state index is 6.36. The van der Waals surface area contributed by atoms with Crippen molar-refractivity contribution < 1.29 is 4.74 Å². The van der Waals surface area contributed by atoms with E-state index < -0.39 is 0 Å². The summed E-state index contributed by atoms with van der Waals surface area (Å²) in [5.41, 5.74) is 0.810. The third-order valence-electron chi connectivity index (χ3n) is 4.33. The van der Waals surface area contributed by atoms with Gasteiger partial charge in [0.05, 0.1) is 17.8 Å². The highest BCUT2D eigenvalue weighted by molar-refractivity contribution is 7.71. The van der Waals surface area contributed by atoms with E-state index in [9.17, 15) is 0 Å². The molecule has 0 atom stereocenters. The smallest absolute Gasteiger partial charge is 0.216 e. The highest BCUT2D eigenvalue weighted by atomic mass is 35.5. The van der Waals surface area contributed by atoms with Crippen molar-refractivity contribution in [2.24, 2.45) is 5.10 Å². The number of hydrogen-bond acceptors (Lipinski definition) is 4. The number of aromatic amines is 1. The highest BCUT2D eigenvalue weighted by Crippen LogP contribution is 2.22. The van der Waals surface area contributed by atoms with Gasteiger partial charge >= 0.3 is 0 Å². The minimum Gasteiger partial charge on any atom is -0.494 e. The van der Waals surface area contributed by atoms with E-state index in [0.29, 0.717) is 9.79 Å². The number of nitrogens with one attached hydrogen (secondary N) is 1. The summed E-state index contributed by atoms with van der Waals surface area (Å²) in [5.74, 6) is 1.57. The van der Waals surface area contributed by atoms with Gasteiger partial charge in [0.1, 0.15) is 5.75 Å². The Kier molecular flexibility index (Phi) is 9.56. The first-order valence-corrected chi connectivity index (χ1v) is 10.6. The summed E-state index contributed by atoms with van der Waals surface area (Å²) in [6.45, 7) is 4.97. The number of unbranched alkanes of at least 4 members (excludes halogenated alkanes) is 6. The molecule has 148 valence electrons. The molecule has 27 heavy (non-hydrogen) atoms. The molecule has 1 heterocycles. The molecule has 0 fully saturated rings. The number of halogens is 1. The average Bonchev–Trinajstić information content (AvgIpc) is 3.03. The van der Waals surface area contributed by atoms with E-state index in [0.717, 1.165) is 36.6 Å². The molecule has 0 saturated heterocycles. The summed E-state index contributed by atoms with van der Waals surface area (Å²) < 4.78 is 7.88. The van der Waals surface area contributed by atoms with Gasteiger partial charge in [-0.25, -0.2) is 0 Å². The van der Waals surface area contributed by atoms with Crippen LogP contribution in [0.15, 0.2) is 23.3 Å². The van der Waals surface area contributed by atoms with Gasteiger partial charge in [0.15, 0.2) is 5.82 Å². The molecule has 2 aromatic rings. The van der Waals surface area contributed by atoms with Crippen molar-refractivity contribution in [3.8, 4) is 5.75 Å². The van der Waals surface area contributed by atoms with E-state index in [2.05, 4.69) is 22.2 Å². The molecule has 0 aliphatic heterocycles. The molecule has 0 radical (unpaired) electrons. The molecule has 1 aromatic heterocycles. The molecule has 7 heteroatoms. The van der Waals surface area contributed by atoms with Crippen LogP contribution in [0.1, 0.15) is 70.2 Å². The zero-order valence-electron chi connectivity index (χ0n) is 16.2. The first-order valence-electron chi connectivity index (χ1n) is 9.78. The molecule has 0 unspecified atom stereocenters. The molecular weight excluding hydrogens is 380 g/mol. The van der Waals surface area contributed by atoms with Gasteiger partial charge in [-0.05, 0) is 36.8 Å². The summed E-state index contributed by atoms with van der Waals surface area (Å²) in [7, 11) is 0. The number of H-pyrrole nitrogens is 1. The summed E-state index contributed by atoms with van der Waals surface area (Å²) >= 11 is 11.5. The fraction of sp³-hybridized carbons (Fsp3) is 0.550. The van der Waals surface area contributed by atoms with Crippen LogP contribution in [0.25, 0.3) is 0 Å². The molecule has 5 nitrogen and oxygen atoms in total. The quantitative estimate of drug-likeness (QED) is 0.259. The van der Waals surface area contributed by atoms with Crippen molar-refractivity contribution >= 4 is 30.0 Å². The lowest BCUT2D eigenvalue weighted by Gasteiger charge is -2.08. The molecule has 2 rings (SSSR count). The van der Waals surface area contributed by atoms with Gasteiger partial charge in [-0.2, -0.15) is 14.9 Å². The molecule has 0 spiro atoms. The Labute approximate surface area is 171 Å². The maximum atomic E-state index is 6.36. The second-order valence-corrected chi connectivity index (χ2v) is 7.30. The lowest BCUT2D eigenvalue weighted by molar-refractivity contribution is 0.304. The van der Waals surface area contributed by atoms with Crippen molar-refractivity contribution in [3.63, 3.8) is 0 Å². The zero-order valence-corrected chi connectivity index (χ0v) is 17.8. The van der Waals surface area contributed by atoms with Crippen LogP contribution in [0.3, 0.4) is 0 Å². The monoisotopic (exact) mass is 408 g/mol. The molecule has 1 N–H and O–H groups in total. The molecule has 0 amide bonds. The maximum Gasteiger partial charge on any atom is 0.216 e. The van der Waals surface area contributed by atoms with Crippen LogP contribution in [-0.2, 0) is 6.42 Å². The predicted molar refractivity (Wildman–Crippen MR) is 115 cm³/mol. The lowest BCUT2D eigenvalue weighted by atomic mass is 10.1. The average molecular weight is 409 g/mol. The summed E-state index contributed by atoms with van der Waals surface area (Å²) in [5, 5.41) is 11.9. The second-order valence-electron chi connectivity index (χ2n) is 6.51. The Balaban J connectivity index is 1.82. The van der Waals surface area contributed by atoms with Crippen LogP contribution < -0.4 is 4.74 Å². The van der Waals surface area contributed by atoms with E-state index in [1.165, 1.54) is 38.5 Å². The van der Waals surface area contributed by atoms with Crippen molar-refractivity contribution in [1.82, 2.24) is 14.9 Å². The van der Waals surface area contributed by atoms with Gasteiger partial charge in [-0.15, -0.1) is 0 Å². The topological polar surface area (TPSA) is 55.2 Å². The van der Waals surface area contributed by atoms with Crippen LogP contribution in [0.2, 0.25) is 5.02 Å². The van der Waals surface area contributed by atoms with Crippen LogP contribution in [0.4, 0.5) is 0 Å². The van der Waals surface area contributed by atoms with Crippen molar-refractivity contribution in [1.29, 1.82) is 0 Å². The highest BCUT2D eigenvalue weighted by Gasteiger charge is 2.04. The predicted octanol–water partition coefficient (Wildman–Crippen LogP) is 6.17. The van der Waals surface area contributed by atoms with Crippen LogP contribution in [-0.4, -0.2) is 27.7 Å². The Morgan fingerprint density at radius 2 is 1.93 bits per heavy atom. The third-order valence-corrected chi connectivity index (χ3v) is 4.93. The molecular formula is C20H29ClN4OS. The van der Waals surface area contributed by atoms with Gasteiger partial charge in [-0.1, -0.05) is 64.0 Å². The van der Waals surface area contributed by atoms with E-state index in [1.54, 1.807) is 10.9 Å². The van der Waals surface area contributed by atoms with E-state index in [4.69, 9.17) is 28.6 Å². The minimum absolute atomic E-state index is 0.467. The standard InChI is InChI=1S/C20H29ClN4OS/c1-3-5-6-7-8-9-10-13-26-17-12-11-16(18(21)14-17)15-22-25-19(4-2)23-24-20(25)27/h11-12,14-15H,3-10,13H2,1-2H3,(H,24,27)/b22-15-. The molecule has 0 saturated carbocycles. The van der Waals surface area contributed by atoms with Gasteiger partial charge in [0.2, 0.25) is 4.77 Å². The molecule has 1 aromatic carbocycles. The summed E-state index contributed by atoms with van der Waals surface area (Å²) in [6, 6.07) is 5.66. The number of ether oxygens (including phenoxy) is 1. The van der Waals surface area contributed by atoms with Crippen LogP contribution in [0, 0.1) is 4.77 Å². The number of benzene rings is 1. The number of aryl methyl sites for hydroxylation is 1. The van der Waals surface area contributed by atoms with E-state index in [1.807, 2.05) is 25.1 Å². The van der Waals surface area contributed by atoms with Crippen molar-refractivity contribution in [3.05, 3.63) is 39.4 Å². The number of hydrogen-bond donors (Lipinski definition) is 1. The van der Waals surface area contributed by atoms with Gasteiger partial charge in [-0.3, -0.25) is 5.10 Å². The fourth-order valence-corrected chi connectivity index (χ4v) is 3.16. The van der Waals surface area contributed by atoms with Crippen molar-refractivity contribution in [2.75, 3.05) is 6.61 Å². The minimum atomic E-state index is 0.467. The Morgan fingerprint density at radius 3 is 2.63 bits per heavy atom. The van der Waals surface area contributed by atoms with Crippen LogP contribution in [0.5, 0.6) is 5.75 Å². The number of rotatable bonds is 12. The molecule has 0 aliphatic rings. The normalized spacial score (nSPS) is 11.4. The Morgan fingerprint density at radius 1 is 1.19 bits per heavy atom. The SMILES string of the molecule is CCCCCCCCCOc1ccc(/C=N\n2c(CC)n[nH]c2=S)c(Cl)c1. The third kappa shape index (κ3) is 7.11. The van der Waals surface area contributed by atoms with Crippen molar-refractivity contribution in [2.45, 2.75) is 65.2 Å². The van der Waals surface area contributed by atoms with Gasteiger partial charge in [0.25, 0.3) is 0 Å². The molecule has 0 aliphatic carbocycles. The number of nitrogens with zero attached hydrogens (tertiary/aromatic N) is 3. The largest absolute Gasteiger partial charge is 0.494 e. The number of aromatic nitrogens is 3. The fourth-order valence-electron chi connectivity index (χ4n) is 2.74. The Bertz CT molecular complexity index is 785. The Hall–Kier alpha value is -1.66. The van der Waals surface area contributed by atoms with E-state index in [-0.39, 0.29) is 0 Å².